The van der Waals surface area contributed by atoms with Crippen molar-refractivity contribution in [2.75, 3.05) is 4.90 Å². The van der Waals surface area contributed by atoms with Crippen LogP contribution in [-0.4, -0.2) is 43.1 Å². The summed E-state index contributed by atoms with van der Waals surface area (Å²) in [5.41, 5.74) is 1.81. The van der Waals surface area contributed by atoms with Crippen molar-refractivity contribution >= 4 is 17.6 Å². The van der Waals surface area contributed by atoms with Crippen LogP contribution in [-0.2, 0) is 17.9 Å². The van der Waals surface area contributed by atoms with E-state index in [1.165, 1.54) is 9.80 Å². The van der Waals surface area contributed by atoms with Gasteiger partial charge in [0.25, 0.3) is 5.91 Å². The van der Waals surface area contributed by atoms with Crippen molar-refractivity contribution in [1.29, 1.82) is 0 Å². The number of anilines is 1. The zero-order chi connectivity index (χ0) is 18.0. The van der Waals surface area contributed by atoms with E-state index in [9.17, 15) is 9.59 Å². The van der Waals surface area contributed by atoms with Gasteiger partial charge in [0.1, 0.15) is 6.04 Å². The Hall–Kier alpha value is -2.77. The molecule has 0 spiro atoms. The molecule has 0 bridgehead atoms. The van der Waals surface area contributed by atoms with Crippen LogP contribution in [0.15, 0.2) is 24.3 Å². The van der Waals surface area contributed by atoms with Gasteiger partial charge in [0.05, 0.1) is 6.54 Å². The summed E-state index contributed by atoms with van der Waals surface area (Å²) in [5.74, 6) is 0.281. The Balaban J connectivity index is 1.81. The second-order valence-electron chi connectivity index (χ2n) is 6.26. The molecule has 1 aliphatic rings. The number of benzene rings is 1. The zero-order valence-electron chi connectivity index (χ0n) is 14.7. The minimum Gasteiger partial charge on any atom is -0.282 e. The highest BCUT2D eigenvalue weighted by molar-refractivity contribution is 6.13. The largest absolute Gasteiger partial charge is 0.332 e. The van der Waals surface area contributed by atoms with Crippen molar-refractivity contribution in [3.8, 4) is 0 Å². The van der Waals surface area contributed by atoms with Crippen LogP contribution in [0.25, 0.3) is 0 Å². The molecular formula is C17H22N6O2. The Bertz CT molecular complexity index is 770. The van der Waals surface area contributed by atoms with Gasteiger partial charge < -0.3 is 0 Å². The maximum Gasteiger partial charge on any atom is 0.332 e. The standard InChI is InChI=1S/C17H22N6O2/c1-4-5-10-22-15(18-19-20-22)11-21-16(24)13(3)23(17(21)25)14-8-6-12(2)7-9-14/h6-9,13H,4-5,10-11H2,1-3H3. The van der Waals surface area contributed by atoms with E-state index >= 15 is 0 Å². The SMILES string of the molecule is CCCCn1nnnc1CN1C(=O)C(C)N(c2ccc(C)cc2)C1=O. The lowest BCUT2D eigenvalue weighted by Crippen LogP contribution is -2.34. The van der Waals surface area contributed by atoms with Crippen LogP contribution in [0, 0.1) is 6.92 Å². The zero-order valence-corrected chi connectivity index (χ0v) is 14.7. The summed E-state index contributed by atoms with van der Waals surface area (Å²) in [6.45, 7) is 6.55. The van der Waals surface area contributed by atoms with Crippen LogP contribution >= 0.6 is 0 Å². The Labute approximate surface area is 146 Å². The van der Waals surface area contributed by atoms with E-state index in [4.69, 9.17) is 0 Å². The third kappa shape index (κ3) is 3.24. The molecule has 0 saturated carbocycles. The highest BCUT2D eigenvalue weighted by Gasteiger charge is 2.43. The van der Waals surface area contributed by atoms with Crippen LogP contribution in [0.3, 0.4) is 0 Å². The molecule has 0 aliphatic carbocycles. The summed E-state index contributed by atoms with van der Waals surface area (Å²) in [6, 6.07) is 6.67. The molecule has 132 valence electrons. The molecular weight excluding hydrogens is 320 g/mol. The molecule has 1 atom stereocenters. The van der Waals surface area contributed by atoms with Gasteiger partial charge in [0.15, 0.2) is 5.82 Å². The molecule has 1 aromatic heterocycles. The number of imide groups is 1. The molecule has 1 unspecified atom stereocenters. The quantitative estimate of drug-likeness (QED) is 0.751. The summed E-state index contributed by atoms with van der Waals surface area (Å²) in [6.07, 6.45) is 1.95. The first kappa shape index (κ1) is 17.1. The lowest BCUT2D eigenvalue weighted by Gasteiger charge is -2.19. The maximum absolute atomic E-state index is 12.8. The van der Waals surface area contributed by atoms with E-state index in [1.807, 2.05) is 31.2 Å². The van der Waals surface area contributed by atoms with Gasteiger partial charge in [-0.3, -0.25) is 14.6 Å². The first-order valence-corrected chi connectivity index (χ1v) is 8.49. The number of unbranched alkanes of at least 4 members (excludes halogenated alkanes) is 1. The third-order valence-corrected chi connectivity index (χ3v) is 4.39. The molecule has 8 heteroatoms. The predicted octanol–water partition coefficient (Wildman–Crippen LogP) is 2.14. The van der Waals surface area contributed by atoms with Crippen LogP contribution in [0.4, 0.5) is 10.5 Å². The average Bonchev–Trinajstić information content (AvgIpc) is 3.13. The van der Waals surface area contributed by atoms with E-state index in [0.29, 0.717) is 18.1 Å². The maximum atomic E-state index is 12.8. The number of aryl methyl sites for hydroxylation is 2. The number of rotatable bonds is 6. The third-order valence-electron chi connectivity index (χ3n) is 4.39. The molecule has 25 heavy (non-hydrogen) atoms. The van der Waals surface area contributed by atoms with E-state index in [0.717, 1.165) is 18.4 Å². The molecule has 3 rings (SSSR count). The van der Waals surface area contributed by atoms with Gasteiger partial charge in [-0.15, -0.1) is 5.10 Å². The fraction of sp³-hybridized carbons (Fsp3) is 0.471. The Kier molecular flexibility index (Phi) is 4.78. The normalized spacial score (nSPS) is 17.6. The van der Waals surface area contributed by atoms with Gasteiger partial charge in [-0.05, 0) is 42.8 Å². The Morgan fingerprint density at radius 2 is 1.88 bits per heavy atom. The number of carbonyl (C=O) groups excluding carboxylic acids is 2. The highest BCUT2D eigenvalue weighted by atomic mass is 16.2. The number of carbonyl (C=O) groups is 2. The molecule has 8 nitrogen and oxygen atoms in total. The van der Waals surface area contributed by atoms with E-state index < -0.39 is 6.04 Å². The van der Waals surface area contributed by atoms with Crippen molar-refractivity contribution in [3.05, 3.63) is 35.7 Å². The van der Waals surface area contributed by atoms with Crippen LogP contribution in [0.1, 0.15) is 38.1 Å². The van der Waals surface area contributed by atoms with Crippen LogP contribution in [0.2, 0.25) is 0 Å². The number of nitrogens with zero attached hydrogens (tertiary/aromatic N) is 6. The summed E-state index contributed by atoms with van der Waals surface area (Å²) in [5, 5.41) is 11.6. The first-order chi connectivity index (χ1) is 12.0. The smallest absolute Gasteiger partial charge is 0.282 e. The molecule has 1 aliphatic heterocycles. The van der Waals surface area contributed by atoms with Crippen LogP contribution < -0.4 is 4.90 Å². The van der Waals surface area contributed by atoms with E-state index in [-0.39, 0.29) is 18.5 Å². The molecule has 0 radical (unpaired) electrons. The van der Waals surface area contributed by atoms with Crippen molar-refractivity contribution < 1.29 is 9.59 Å². The summed E-state index contributed by atoms with van der Waals surface area (Å²) in [4.78, 5) is 28.2. The summed E-state index contributed by atoms with van der Waals surface area (Å²) in [7, 11) is 0. The van der Waals surface area contributed by atoms with Crippen molar-refractivity contribution in [1.82, 2.24) is 25.1 Å². The molecule has 1 saturated heterocycles. The molecule has 1 fully saturated rings. The first-order valence-electron chi connectivity index (χ1n) is 8.49. The fourth-order valence-corrected chi connectivity index (χ4v) is 2.87. The van der Waals surface area contributed by atoms with Crippen molar-refractivity contribution in [2.24, 2.45) is 0 Å². The second-order valence-corrected chi connectivity index (χ2v) is 6.26. The van der Waals surface area contributed by atoms with Crippen molar-refractivity contribution in [3.63, 3.8) is 0 Å². The molecule has 0 N–H and O–H groups in total. The monoisotopic (exact) mass is 342 g/mol. The number of urea groups is 1. The lowest BCUT2D eigenvalue weighted by atomic mass is 10.2. The average molecular weight is 342 g/mol. The molecule has 1 aromatic carbocycles. The highest BCUT2D eigenvalue weighted by Crippen LogP contribution is 2.26. The topological polar surface area (TPSA) is 84.2 Å². The fourth-order valence-electron chi connectivity index (χ4n) is 2.87. The van der Waals surface area contributed by atoms with Gasteiger partial charge >= 0.3 is 6.03 Å². The van der Waals surface area contributed by atoms with Gasteiger partial charge in [-0.1, -0.05) is 31.0 Å². The number of hydrogen-bond donors (Lipinski definition) is 0. The van der Waals surface area contributed by atoms with Crippen molar-refractivity contribution in [2.45, 2.75) is 52.7 Å². The van der Waals surface area contributed by atoms with Gasteiger partial charge in [0.2, 0.25) is 0 Å². The summed E-state index contributed by atoms with van der Waals surface area (Å²) >= 11 is 0. The number of aromatic nitrogens is 4. The van der Waals surface area contributed by atoms with Gasteiger partial charge in [-0.25, -0.2) is 9.48 Å². The van der Waals surface area contributed by atoms with Gasteiger partial charge in [-0.2, -0.15) is 0 Å². The Morgan fingerprint density at radius 1 is 1.16 bits per heavy atom. The number of tetrazole rings is 1. The van der Waals surface area contributed by atoms with Crippen LogP contribution in [0.5, 0.6) is 0 Å². The van der Waals surface area contributed by atoms with Gasteiger partial charge in [0, 0.05) is 12.2 Å². The molecule has 2 aromatic rings. The van der Waals surface area contributed by atoms with E-state index in [2.05, 4.69) is 22.4 Å². The molecule has 2 heterocycles. The number of hydrogen-bond acceptors (Lipinski definition) is 5. The second kappa shape index (κ2) is 7.00. The minimum atomic E-state index is -0.546. The predicted molar refractivity (Wildman–Crippen MR) is 91.8 cm³/mol. The Morgan fingerprint density at radius 3 is 2.56 bits per heavy atom. The van der Waals surface area contributed by atoms with E-state index in [1.54, 1.807) is 11.6 Å². The molecule has 3 amide bonds. The summed E-state index contributed by atoms with van der Waals surface area (Å²) < 4.78 is 1.66. The number of amides is 3. The lowest BCUT2D eigenvalue weighted by molar-refractivity contribution is -0.127. The minimum absolute atomic E-state index is 0.0844.